The lowest BCUT2D eigenvalue weighted by atomic mass is 10.3. The van der Waals surface area contributed by atoms with E-state index in [1.807, 2.05) is 36.4 Å². The van der Waals surface area contributed by atoms with Gasteiger partial charge in [-0.2, -0.15) is 0 Å². The smallest absolute Gasteiger partial charge is 0.223 e. The number of nitrogens with zero attached hydrogens (tertiary/aromatic N) is 6. The van der Waals surface area contributed by atoms with Gasteiger partial charge < -0.3 is 9.47 Å². The average Bonchev–Trinajstić information content (AvgIpc) is 3.20. The van der Waals surface area contributed by atoms with E-state index < -0.39 is 0 Å². The standard InChI is InChI=1S/C18H14N6O2/c1-25-16-12-13(8-9-15(16)26-17-7-3-5-11-20-17)24-22-18(21-23-24)14-6-2-4-10-19-14/h2-12H,1H3. The van der Waals surface area contributed by atoms with Gasteiger partial charge in [-0.05, 0) is 35.5 Å². The summed E-state index contributed by atoms with van der Waals surface area (Å²) >= 11 is 0. The van der Waals surface area contributed by atoms with Gasteiger partial charge in [-0.1, -0.05) is 12.1 Å². The molecule has 0 atom stereocenters. The molecular formula is C18H14N6O2. The molecule has 0 unspecified atom stereocenters. The Balaban J connectivity index is 1.63. The SMILES string of the molecule is COc1cc(-n2nnc(-c3ccccn3)n2)ccc1Oc1ccccn1. The van der Waals surface area contributed by atoms with E-state index in [9.17, 15) is 0 Å². The summed E-state index contributed by atoms with van der Waals surface area (Å²) in [7, 11) is 1.57. The number of pyridine rings is 2. The largest absolute Gasteiger partial charge is 0.493 e. The zero-order chi connectivity index (χ0) is 17.8. The quantitative estimate of drug-likeness (QED) is 0.549. The zero-order valence-electron chi connectivity index (χ0n) is 13.9. The molecule has 1 aromatic carbocycles. The highest BCUT2D eigenvalue weighted by molar-refractivity contribution is 5.50. The van der Waals surface area contributed by atoms with Crippen molar-refractivity contribution in [3.8, 4) is 34.6 Å². The summed E-state index contributed by atoms with van der Waals surface area (Å²) in [6, 6.07) is 16.3. The van der Waals surface area contributed by atoms with Gasteiger partial charge >= 0.3 is 0 Å². The molecule has 4 aromatic rings. The lowest BCUT2D eigenvalue weighted by Gasteiger charge is -2.10. The second kappa shape index (κ2) is 6.98. The first-order valence-corrected chi connectivity index (χ1v) is 7.82. The van der Waals surface area contributed by atoms with Crippen LogP contribution in [0.1, 0.15) is 0 Å². The molecule has 3 aromatic heterocycles. The highest BCUT2D eigenvalue weighted by Crippen LogP contribution is 2.32. The van der Waals surface area contributed by atoms with Crippen molar-refractivity contribution in [2.24, 2.45) is 0 Å². The first-order chi connectivity index (χ1) is 12.8. The molecule has 3 heterocycles. The van der Waals surface area contributed by atoms with Crippen LogP contribution >= 0.6 is 0 Å². The Morgan fingerprint density at radius 1 is 0.885 bits per heavy atom. The molecule has 0 radical (unpaired) electrons. The van der Waals surface area contributed by atoms with Gasteiger partial charge in [-0.15, -0.1) is 15.0 Å². The maximum absolute atomic E-state index is 5.75. The van der Waals surface area contributed by atoms with Crippen molar-refractivity contribution in [2.45, 2.75) is 0 Å². The molecule has 0 saturated heterocycles. The number of tetrazole rings is 1. The van der Waals surface area contributed by atoms with Gasteiger partial charge in [0.2, 0.25) is 11.7 Å². The normalized spacial score (nSPS) is 10.5. The van der Waals surface area contributed by atoms with Crippen molar-refractivity contribution in [3.05, 3.63) is 67.0 Å². The van der Waals surface area contributed by atoms with Crippen LogP contribution in [0.25, 0.3) is 17.2 Å². The number of ether oxygens (including phenoxy) is 2. The Kier molecular flexibility index (Phi) is 4.21. The second-order valence-corrected chi connectivity index (χ2v) is 5.22. The first-order valence-electron chi connectivity index (χ1n) is 7.82. The van der Waals surface area contributed by atoms with Crippen LogP contribution in [0.3, 0.4) is 0 Å². The Hall–Kier alpha value is -3.81. The molecule has 0 spiro atoms. The monoisotopic (exact) mass is 346 g/mol. The molecule has 0 fully saturated rings. The number of hydrogen-bond acceptors (Lipinski definition) is 7. The van der Waals surface area contributed by atoms with E-state index in [0.717, 1.165) is 0 Å². The minimum atomic E-state index is 0.443. The maximum atomic E-state index is 5.75. The Morgan fingerprint density at radius 2 is 1.73 bits per heavy atom. The van der Waals surface area contributed by atoms with Gasteiger partial charge in [0, 0.05) is 24.5 Å². The van der Waals surface area contributed by atoms with Gasteiger partial charge in [0.25, 0.3) is 0 Å². The molecule has 0 aliphatic heterocycles. The van der Waals surface area contributed by atoms with E-state index in [1.54, 1.807) is 37.7 Å². The predicted octanol–water partition coefficient (Wildman–Crippen LogP) is 2.92. The second-order valence-electron chi connectivity index (χ2n) is 5.22. The zero-order valence-corrected chi connectivity index (χ0v) is 13.9. The summed E-state index contributed by atoms with van der Waals surface area (Å²) < 4.78 is 11.2. The van der Waals surface area contributed by atoms with Crippen molar-refractivity contribution in [3.63, 3.8) is 0 Å². The molecule has 0 aliphatic carbocycles. The van der Waals surface area contributed by atoms with E-state index in [2.05, 4.69) is 25.4 Å². The summed E-state index contributed by atoms with van der Waals surface area (Å²) in [5.41, 5.74) is 1.34. The van der Waals surface area contributed by atoms with Gasteiger partial charge in [-0.25, -0.2) is 4.98 Å². The number of rotatable bonds is 5. The fourth-order valence-electron chi connectivity index (χ4n) is 2.31. The van der Waals surface area contributed by atoms with Crippen LogP contribution in [0.5, 0.6) is 17.4 Å². The fraction of sp³-hybridized carbons (Fsp3) is 0.0556. The third kappa shape index (κ3) is 3.20. The minimum absolute atomic E-state index is 0.443. The lowest BCUT2D eigenvalue weighted by Crippen LogP contribution is -2.00. The van der Waals surface area contributed by atoms with Crippen molar-refractivity contribution in [2.75, 3.05) is 7.11 Å². The van der Waals surface area contributed by atoms with E-state index in [-0.39, 0.29) is 0 Å². The molecule has 4 rings (SSSR count). The number of benzene rings is 1. The minimum Gasteiger partial charge on any atom is -0.493 e. The average molecular weight is 346 g/mol. The molecule has 0 amide bonds. The first kappa shape index (κ1) is 15.7. The maximum Gasteiger partial charge on any atom is 0.223 e. The van der Waals surface area contributed by atoms with E-state index in [0.29, 0.717) is 34.6 Å². The fourth-order valence-corrected chi connectivity index (χ4v) is 2.31. The molecule has 0 bridgehead atoms. The molecule has 8 nitrogen and oxygen atoms in total. The Labute approximate surface area is 149 Å². The number of hydrogen-bond donors (Lipinski definition) is 0. The summed E-state index contributed by atoms with van der Waals surface area (Å²) in [6.45, 7) is 0. The Morgan fingerprint density at radius 3 is 2.46 bits per heavy atom. The molecule has 0 N–H and O–H groups in total. The molecule has 26 heavy (non-hydrogen) atoms. The summed E-state index contributed by atoms with van der Waals surface area (Å²) in [6.07, 6.45) is 3.34. The van der Waals surface area contributed by atoms with Gasteiger partial charge in [0.1, 0.15) is 5.69 Å². The van der Waals surface area contributed by atoms with E-state index >= 15 is 0 Å². The van der Waals surface area contributed by atoms with Gasteiger partial charge in [0.05, 0.1) is 12.8 Å². The highest BCUT2D eigenvalue weighted by atomic mass is 16.5. The van der Waals surface area contributed by atoms with Crippen molar-refractivity contribution in [1.29, 1.82) is 0 Å². The Bertz CT molecular complexity index is 1000. The number of aromatic nitrogens is 6. The highest BCUT2D eigenvalue weighted by Gasteiger charge is 2.12. The molecule has 0 aliphatic rings. The van der Waals surface area contributed by atoms with Crippen molar-refractivity contribution in [1.82, 2.24) is 30.2 Å². The van der Waals surface area contributed by atoms with Crippen LogP contribution in [0, 0.1) is 0 Å². The number of methoxy groups -OCH3 is 1. The summed E-state index contributed by atoms with van der Waals surface area (Å²) in [4.78, 5) is 9.78. The molecule has 128 valence electrons. The predicted molar refractivity (Wildman–Crippen MR) is 93.2 cm³/mol. The summed E-state index contributed by atoms with van der Waals surface area (Å²) in [5.74, 6) is 2.00. The van der Waals surface area contributed by atoms with Crippen LogP contribution in [0.15, 0.2) is 67.0 Å². The van der Waals surface area contributed by atoms with Crippen LogP contribution < -0.4 is 9.47 Å². The topological polar surface area (TPSA) is 87.8 Å². The lowest BCUT2D eigenvalue weighted by molar-refractivity contribution is 0.373. The molecule has 8 heteroatoms. The molecule has 0 saturated carbocycles. The van der Waals surface area contributed by atoms with E-state index in [4.69, 9.17) is 9.47 Å². The van der Waals surface area contributed by atoms with E-state index in [1.165, 1.54) is 4.80 Å². The van der Waals surface area contributed by atoms with Crippen LogP contribution in [-0.2, 0) is 0 Å². The van der Waals surface area contributed by atoms with Crippen molar-refractivity contribution >= 4 is 0 Å². The third-order valence-electron chi connectivity index (χ3n) is 3.54. The van der Waals surface area contributed by atoms with Gasteiger partial charge in [0.15, 0.2) is 11.5 Å². The molecular weight excluding hydrogens is 332 g/mol. The van der Waals surface area contributed by atoms with Crippen LogP contribution in [0.2, 0.25) is 0 Å². The van der Waals surface area contributed by atoms with Crippen LogP contribution in [-0.4, -0.2) is 37.3 Å². The van der Waals surface area contributed by atoms with Gasteiger partial charge in [-0.3, -0.25) is 4.98 Å². The van der Waals surface area contributed by atoms with Crippen LogP contribution in [0.4, 0.5) is 0 Å². The van der Waals surface area contributed by atoms with Crippen molar-refractivity contribution < 1.29 is 9.47 Å². The summed E-state index contributed by atoms with van der Waals surface area (Å²) in [5, 5.41) is 12.5. The third-order valence-corrected chi connectivity index (χ3v) is 3.54.